The van der Waals surface area contributed by atoms with Crippen LogP contribution in [0, 0.1) is 0 Å². The average Bonchev–Trinajstić information content (AvgIpc) is 2.95. The van der Waals surface area contributed by atoms with Gasteiger partial charge in [0.15, 0.2) is 0 Å². The summed E-state index contributed by atoms with van der Waals surface area (Å²) in [7, 11) is -1.29. The molecule has 1 saturated carbocycles. The molecule has 0 amide bonds. The summed E-state index contributed by atoms with van der Waals surface area (Å²) < 4.78 is 8.68. The molecule has 0 unspecified atom stereocenters. The molecule has 1 heterocycles. The maximum absolute atomic E-state index is 8.68. The van der Waals surface area contributed by atoms with Gasteiger partial charge in [-0.2, -0.15) is 0 Å². The van der Waals surface area contributed by atoms with E-state index in [-0.39, 0.29) is 5.89 Å². The lowest BCUT2D eigenvalue weighted by molar-refractivity contribution is 0.723. The van der Waals surface area contributed by atoms with Crippen molar-refractivity contribution in [2.45, 2.75) is 51.2 Å². The van der Waals surface area contributed by atoms with Crippen molar-refractivity contribution >= 4 is 13.3 Å². The van der Waals surface area contributed by atoms with Crippen LogP contribution in [0.3, 0.4) is 0 Å². The van der Waals surface area contributed by atoms with Gasteiger partial charge in [-0.1, -0.05) is 56.7 Å². The SMILES string of the molecule is [2H]C1(c2cccc(-c3ccc([Si](C)(C)C)cn3)c2)CCCC1. The summed E-state index contributed by atoms with van der Waals surface area (Å²) in [6.07, 6.45) is 6.37. The number of hydrogen-bond acceptors (Lipinski definition) is 1. The van der Waals surface area contributed by atoms with Crippen molar-refractivity contribution in [1.29, 1.82) is 0 Å². The highest BCUT2D eigenvalue weighted by molar-refractivity contribution is 6.88. The molecule has 0 bridgehead atoms. The zero-order valence-corrected chi connectivity index (χ0v) is 14.3. The number of aromatic nitrogens is 1. The highest BCUT2D eigenvalue weighted by Crippen LogP contribution is 2.35. The third-order valence-electron chi connectivity index (χ3n) is 4.40. The lowest BCUT2D eigenvalue weighted by Gasteiger charge is -2.16. The molecule has 1 aromatic carbocycles. The molecule has 2 heteroatoms. The topological polar surface area (TPSA) is 12.9 Å². The second kappa shape index (κ2) is 5.76. The Morgan fingerprint density at radius 2 is 1.86 bits per heavy atom. The highest BCUT2D eigenvalue weighted by atomic mass is 28.3. The third kappa shape index (κ3) is 3.26. The highest BCUT2D eigenvalue weighted by Gasteiger charge is 2.18. The Hall–Kier alpha value is -1.41. The van der Waals surface area contributed by atoms with E-state index in [1.54, 1.807) is 0 Å². The largest absolute Gasteiger partial charge is 0.256 e. The first-order valence-corrected chi connectivity index (χ1v) is 11.5. The standard InChI is InChI=1S/C19H25NSi/c1-21(2,3)18-11-12-19(20-14-18)17-10-6-9-16(13-17)15-7-4-5-8-15/h6,9-15H,4-5,7-8H2,1-3H3/i15D. The Morgan fingerprint density at radius 3 is 2.48 bits per heavy atom. The van der Waals surface area contributed by atoms with E-state index in [2.05, 4.69) is 61.0 Å². The number of nitrogens with zero attached hydrogens (tertiary/aromatic N) is 1. The third-order valence-corrected chi connectivity index (χ3v) is 6.43. The molecule has 0 atom stereocenters. The first-order valence-electron chi connectivity index (χ1n) is 8.46. The molecule has 110 valence electrons. The summed E-state index contributed by atoms with van der Waals surface area (Å²) in [5.74, 6) is -0.381. The molecule has 1 nitrogen and oxygen atoms in total. The zero-order valence-electron chi connectivity index (χ0n) is 14.3. The second-order valence-electron chi connectivity index (χ2n) is 7.07. The van der Waals surface area contributed by atoms with Crippen LogP contribution < -0.4 is 5.19 Å². The zero-order chi connectivity index (χ0) is 15.8. The van der Waals surface area contributed by atoms with Crippen LogP contribution in [0.4, 0.5) is 0 Å². The Morgan fingerprint density at radius 1 is 1.10 bits per heavy atom. The van der Waals surface area contributed by atoms with E-state index in [0.717, 1.165) is 29.7 Å². The fourth-order valence-corrected chi connectivity index (χ4v) is 4.03. The van der Waals surface area contributed by atoms with Crippen LogP contribution in [0.1, 0.15) is 38.5 Å². The van der Waals surface area contributed by atoms with Gasteiger partial charge in [-0.05, 0) is 41.6 Å². The van der Waals surface area contributed by atoms with Crippen LogP contribution in [-0.4, -0.2) is 13.1 Å². The van der Waals surface area contributed by atoms with Gasteiger partial charge in [-0.15, -0.1) is 0 Å². The van der Waals surface area contributed by atoms with Gasteiger partial charge in [0.25, 0.3) is 0 Å². The van der Waals surface area contributed by atoms with Crippen molar-refractivity contribution in [1.82, 2.24) is 4.98 Å². The van der Waals surface area contributed by atoms with Gasteiger partial charge in [0.05, 0.1) is 13.8 Å². The molecule has 1 fully saturated rings. The number of pyridine rings is 1. The molecule has 0 spiro atoms. The maximum atomic E-state index is 8.68. The summed E-state index contributed by atoms with van der Waals surface area (Å²) in [6.45, 7) is 7.02. The predicted molar refractivity (Wildman–Crippen MR) is 93.9 cm³/mol. The van der Waals surface area contributed by atoms with Crippen molar-refractivity contribution in [3.63, 3.8) is 0 Å². The van der Waals surface area contributed by atoms with E-state index >= 15 is 0 Å². The minimum atomic E-state index is -1.29. The minimum Gasteiger partial charge on any atom is -0.256 e. The molecule has 3 rings (SSSR count). The van der Waals surface area contributed by atoms with Gasteiger partial charge in [0.1, 0.15) is 0 Å². The van der Waals surface area contributed by atoms with Crippen molar-refractivity contribution < 1.29 is 1.37 Å². The van der Waals surface area contributed by atoms with Crippen LogP contribution in [-0.2, 0) is 0 Å². The Kier molecular flexibility index (Phi) is 3.64. The van der Waals surface area contributed by atoms with Crippen molar-refractivity contribution in [3.05, 3.63) is 48.2 Å². The summed E-state index contributed by atoms with van der Waals surface area (Å²) in [4.78, 5) is 4.68. The van der Waals surface area contributed by atoms with E-state index < -0.39 is 8.07 Å². The van der Waals surface area contributed by atoms with Crippen molar-refractivity contribution in [3.8, 4) is 11.3 Å². The summed E-state index contributed by atoms with van der Waals surface area (Å²) in [6, 6.07) is 12.8. The van der Waals surface area contributed by atoms with Crippen LogP contribution in [0.25, 0.3) is 11.3 Å². The second-order valence-corrected chi connectivity index (χ2v) is 12.2. The maximum Gasteiger partial charge on any atom is 0.0796 e. The van der Waals surface area contributed by atoms with E-state index in [4.69, 9.17) is 1.37 Å². The fourth-order valence-electron chi connectivity index (χ4n) is 3.00. The predicted octanol–water partition coefficient (Wildman–Crippen LogP) is 4.95. The quantitative estimate of drug-likeness (QED) is 0.730. The van der Waals surface area contributed by atoms with Gasteiger partial charge in [-0.25, -0.2) is 0 Å². The number of benzene rings is 1. The normalized spacial score (nSPS) is 18.5. The van der Waals surface area contributed by atoms with Crippen molar-refractivity contribution in [2.24, 2.45) is 0 Å². The Labute approximate surface area is 130 Å². The molecule has 0 saturated heterocycles. The Bertz CT molecular complexity index is 652. The van der Waals surface area contributed by atoms with Crippen LogP contribution in [0.2, 0.25) is 19.6 Å². The van der Waals surface area contributed by atoms with Gasteiger partial charge in [0.2, 0.25) is 0 Å². The molecule has 1 aliphatic rings. The van der Waals surface area contributed by atoms with Gasteiger partial charge in [-0.3, -0.25) is 4.98 Å². The number of hydrogen-bond donors (Lipinski definition) is 0. The molecule has 1 aromatic heterocycles. The molecular formula is C19H25NSi. The first kappa shape index (κ1) is 13.3. The minimum absolute atomic E-state index is 0.381. The van der Waals surface area contributed by atoms with E-state index in [1.807, 2.05) is 6.20 Å². The van der Waals surface area contributed by atoms with E-state index in [1.165, 1.54) is 18.0 Å². The smallest absolute Gasteiger partial charge is 0.0796 e. The first-order chi connectivity index (χ1) is 10.4. The van der Waals surface area contributed by atoms with E-state index in [0.29, 0.717) is 0 Å². The Balaban J connectivity index is 1.92. The van der Waals surface area contributed by atoms with Gasteiger partial charge < -0.3 is 0 Å². The molecule has 2 aromatic rings. The van der Waals surface area contributed by atoms with Crippen LogP contribution in [0.15, 0.2) is 42.6 Å². The molecule has 1 aliphatic carbocycles. The molecule has 0 N–H and O–H groups in total. The van der Waals surface area contributed by atoms with Crippen LogP contribution in [0.5, 0.6) is 0 Å². The van der Waals surface area contributed by atoms with E-state index in [9.17, 15) is 0 Å². The molecule has 0 aliphatic heterocycles. The lowest BCUT2D eigenvalue weighted by Crippen LogP contribution is -2.37. The van der Waals surface area contributed by atoms with Crippen molar-refractivity contribution in [2.75, 3.05) is 0 Å². The lowest BCUT2D eigenvalue weighted by atomic mass is 9.95. The number of rotatable bonds is 3. The molecule has 0 radical (unpaired) electrons. The summed E-state index contributed by atoms with van der Waals surface area (Å²) >= 11 is 0. The molecule has 21 heavy (non-hydrogen) atoms. The molecular weight excluding hydrogens is 270 g/mol. The van der Waals surface area contributed by atoms with Gasteiger partial charge in [0, 0.05) is 13.1 Å². The van der Waals surface area contributed by atoms with Gasteiger partial charge >= 0.3 is 0 Å². The fraction of sp³-hybridized carbons (Fsp3) is 0.421. The average molecular weight is 297 g/mol. The summed E-state index contributed by atoms with van der Waals surface area (Å²) in [5, 5.41) is 1.39. The summed E-state index contributed by atoms with van der Waals surface area (Å²) in [5.41, 5.74) is 3.31. The van der Waals surface area contributed by atoms with Crippen LogP contribution >= 0.6 is 0 Å². The monoisotopic (exact) mass is 296 g/mol.